The Bertz CT molecular complexity index is 417. The van der Waals surface area contributed by atoms with Crippen LogP contribution >= 0.6 is 0 Å². The number of rotatable bonds is 5. The maximum atomic E-state index is 12.1. The van der Waals surface area contributed by atoms with Gasteiger partial charge in [0.25, 0.3) is 0 Å². The Balaban J connectivity index is 2.21. The van der Waals surface area contributed by atoms with Gasteiger partial charge in [-0.2, -0.15) is 0 Å². The van der Waals surface area contributed by atoms with Crippen molar-refractivity contribution < 1.29 is 19.4 Å². The topological polar surface area (TPSA) is 55.8 Å². The summed E-state index contributed by atoms with van der Waals surface area (Å²) in [6, 6.07) is 9.67. The predicted molar refractivity (Wildman–Crippen MR) is 70.8 cm³/mol. The van der Waals surface area contributed by atoms with E-state index in [1.807, 2.05) is 30.3 Å². The normalized spacial score (nSPS) is 27.5. The van der Waals surface area contributed by atoms with Crippen LogP contribution in [0.3, 0.4) is 0 Å². The van der Waals surface area contributed by atoms with Crippen molar-refractivity contribution in [1.82, 2.24) is 0 Å². The molecule has 104 valence electrons. The quantitative estimate of drug-likeness (QED) is 0.651. The highest BCUT2D eigenvalue weighted by Crippen LogP contribution is 2.39. The van der Waals surface area contributed by atoms with Crippen LogP contribution in [0.4, 0.5) is 0 Å². The maximum Gasteiger partial charge on any atom is 0.167 e. The first-order chi connectivity index (χ1) is 9.18. The van der Waals surface area contributed by atoms with Gasteiger partial charge in [0.1, 0.15) is 6.79 Å². The summed E-state index contributed by atoms with van der Waals surface area (Å²) >= 11 is 0. The van der Waals surface area contributed by atoms with Gasteiger partial charge < -0.3 is 14.6 Å². The number of hydrogen-bond acceptors (Lipinski definition) is 4. The van der Waals surface area contributed by atoms with E-state index in [1.165, 1.54) is 7.11 Å². The third-order valence-corrected chi connectivity index (χ3v) is 3.68. The fourth-order valence-electron chi connectivity index (χ4n) is 2.71. The molecule has 1 saturated carbocycles. The SMILES string of the molecule is COCOC[C@@]1(O)C(=O)CCC[C@H]1c1ccccc1. The van der Waals surface area contributed by atoms with Gasteiger partial charge >= 0.3 is 0 Å². The molecule has 1 aliphatic carbocycles. The Labute approximate surface area is 113 Å². The van der Waals surface area contributed by atoms with Crippen molar-refractivity contribution >= 4 is 5.78 Å². The smallest absolute Gasteiger partial charge is 0.167 e. The van der Waals surface area contributed by atoms with Crippen LogP contribution in [-0.2, 0) is 14.3 Å². The number of ether oxygens (including phenoxy) is 2. The Hall–Kier alpha value is -1.23. The summed E-state index contributed by atoms with van der Waals surface area (Å²) in [5.41, 5.74) is -0.447. The van der Waals surface area contributed by atoms with Crippen LogP contribution in [0.5, 0.6) is 0 Å². The summed E-state index contributed by atoms with van der Waals surface area (Å²) < 4.78 is 10.1. The van der Waals surface area contributed by atoms with Gasteiger partial charge in [-0.05, 0) is 18.4 Å². The van der Waals surface area contributed by atoms with Gasteiger partial charge in [-0.15, -0.1) is 0 Å². The molecule has 0 aliphatic heterocycles. The zero-order valence-corrected chi connectivity index (χ0v) is 11.2. The largest absolute Gasteiger partial charge is 0.379 e. The molecule has 0 amide bonds. The number of ketones is 1. The van der Waals surface area contributed by atoms with Crippen molar-refractivity contribution in [2.75, 3.05) is 20.5 Å². The van der Waals surface area contributed by atoms with Crippen molar-refractivity contribution in [3.05, 3.63) is 35.9 Å². The van der Waals surface area contributed by atoms with E-state index in [0.717, 1.165) is 18.4 Å². The first kappa shape index (κ1) is 14.2. The highest BCUT2D eigenvalue weighted by Gasteiger charge is 2.46. The number of benzene rings is 1. The summed E-state index contributed by atoms with van der Waals surface area (Å²) in [4.78, 5) is 12.1. The van der Waals surface area contributed by atoms with Crippen molar-refractivity contribution in [2.45, 2.75) is 30.8 Å². The van der Waals surface area contributed by atoms with E-state index in [0.29, 0.717) is 6.42 Å². The van der Waals surface area contributed by atoms with Crippen molar-refractivity contribution in [1.29, 1.82) is 0 Å². The Morgan fingerprint density at radius 3 is 2.79 bits per heavy atom. The molecule has 0 radical (unpaired) electrons. The number of Topliss-reactive ketones (excluding diaryl/α,β-unsaturated/α-hetero) is 1. The van der Waals surface area contributed by atoms with Gasteiger partial charge in [0.2, 0.25) is 0 Å². The van der Waals surface area contributed by atoms with Crippen LogP contribution in [-0.4, -0.2) is 37.0 Å². The lowest BCUT2D eigenvalue weighted by atomic mass is 9.71. The third-order valence-electron chi connectivity index (χ3n) is 3.68. The molecule has 1 aliphatic rings. The fourth-order valence-corrected chi connectivity index (χ4v) is 2.71. The number of carbonyl (C=O) groups is 1. The van der Waals surface area contributed by atoms with Crippen molar-refractivity contribution in [2.24, 2.45) is 0 Å². The molecule has 1 N–H and O–H groups in total. The van der Waals surface area contributed by atoms with Crippen molar-refractivity contribution in [3.8, 4) is 0 Å². The molecule has 4 heteroatoms. The fraction of sp³-hybridized carbons (Fsp3) is 0.533. The molecule has 0 saturated heterocycles. The second-order valence-corrected chi connectivity index (χ2v) is 4.96. The van der Waals surface area contributed by atoms with Gasteiger partial charge in [0, 0.05) is 19.4 Å². The summed E-state index contributed by atoms with van der Waals surface area (Å²) in [6.45, 7) is 0.0658. The lowest BCUT2D eigenvalue weighted by molar-refractivity contribution is -0.159. The highest BCUT2D eigenvalue weighted by atomic mass is 16.7. The zero-order chi connectivity index (χ0) is 13.7. The second-order valence-electron chi connectivity index (χ2n) is 4.96. The molecular weight excluding hydrogens is 244 g/mol. The highest BCUT2D eigenvalue weighted by molar-refractivity contribution is 5.89. The Morgan fingerprint density at radius 1 is 1.37 bits per heavy atom. The molecule has 0 aromatic heterocycles. The van der Waals surface area contributed by atoms with Crippen LogP contribution in [0.25, 0.3) is 0 Å². The molecule has 0 heterocycles. The summed E-state index contributed by atoms with van der Waals surface area (Å²) in [7, 11) is 1.52. The Morgan fingerprint density at radius 2 is 2.11 bits per heavy atom. The standard InChI is InChI=1S/C15H20O4/c1-18-11-19-10-15(17)13(8-5-9-14(15)16)12-6-3-2-4-7-12/h2-4,6-7,13,17H,5,8-11H2,1H3/t13-,15-/m0/s1. The van der Waals surface area contributed by atoms with Gasteiger partial charge in [0.15, 0.2) is 11.4 Å². The molecule has 0 bridgehead atoms. The second kappa shape index (κ2) is 6.28. The minimum Gasteiger partial charge on any atom is -0.379 e. The summed E-state index contributed by atoms with van der Waals surface area (Å²) in [5, 5.41) is 10.7. The number of aliphatic hydroxyl groups is 1. The van der Waals surface area contributed by atoms with E-state index < -0.39 is 5.60 Å². The number of methoxy groups -OCH3 is 1. The summed E-state index contributed by atoms with van der Waals surface area (Å²) in [6.07, 6.45) is 2.02. The van der Waals surface area contributed by atoms with Crippen LogP contribution in [0.2, 0.25) is 0 Å². The van der Waals surface area contributed by atoms with Crippen LogP contribution in [0.15, 0.2) is 30.3 Å². The van der Waals surface area contributed by atoms with E-state index in [1.54, 1.807) is 0 Å². The molecule has 2 rings (SSSR count). The molecule has 1 aromatic rings. The van der Waals surface area contributed by atoms with Crippen LogP contribution in [0, 0.1) is 0 Å². The number of hydrogen-bond donors (Lipinski definition) is 1. The average Bonchev–Trinajstić information content (AvgIpc) is 2.43. The van der Waals surface area contributed by atoms with E-state index in [4.69, 9.17) is 9.47 Å². The molecule has 19 heavy (non-hydrogen) atoms. The average molecular weight is 264 g/mol. The molecule has 1 fully saturated rings. The molecule has 4 nitrogen and oxygen atoms in total. The van der Waals surface area contributed by atoms with Gasteiger partial charge in [-0.25, -0.2) is 0 Å². The molecule has 0 spiro atoms. The van der Waals surface area contributed by atoms with Gasteiger partial charge in [0.05, 0.1) is 6.61 Å². The third kappa shape index (κ3) is 3.03. The van der Waals surface area contributed by atoms with E-state index >= 15 is 0 Å². The number of carbonyl (C=O) groups excluding carboxylic acids is 1. The van der Waals surface area contributed by atoms with Crippen molar-refractivity contribution in [3.63, 3.8) is 0 Å². The van der Waals surface area contributed by atoms with E-state index in [2.05, 4.69) is 0 Å². The molecule has 1 aromatic carbocycles. The molecule has 2 atom stereocenters. The predicted octanol–water partition coefficient (Wildman–Crippen LogP) is 1.87. The maximum absolute atomic E-state index is 12.1. The minimum absolute atomic E-state index is 0.0146. The van der Waals surface area contributed by atoms with Gasteiger partial charge in [-0.3, -0.25) is 4.79 Å². The lowest BCUT2D eigenvalue weighted by Crippen LogP contribution is -2.51. The van der Waals surface area contributed by atoms with E-state index in [9.17, 15) is 9.90 Å². The zero-order valence-electron chi connectivity index (χ0n) is 11.2. The van der Waals surface area contributed by atoms with Gasteiger partial charge in [-0.1, -0.05) is 30.3 Å². The minimum atomic E-state index is -1.43. The van der Waals surface area contributed by atoms with Crippen LogP contribution < -0.4 is 0 Å². The first-order valence-corrected chi connectivity index (χ1v) is 6.56. The molecular formula is C15H20O4. The lowest BCUT2D eigenvalue weighted by Gasteiger charge is -2.38. The molecule has 0 unspecified atom stereocenters. The summed E-state index contributed by atoms with van der Waals surface area (Å²) in [5.74, 6) is -0.337. The van der Waals surface area contributed by atoms with E-state index in [-0.39, 0.29) is 25.1 Å². The monoisotopic (exact) mass is 264 g/mol. The Kier molecular flexibility index (Phi) is 4.69. The first-order valence-electron chi connectivity index (χ1n) is 6.56. The van der Waals surface area contributed by atoms with Crippen LogP contribution in [0.1, 0.15) is 30.7 Å².